The van der Waals surface area contributed by atoms with Gasteiger partial charge < -0.3 is 15.8 Å². The summed E-state index contributed by atoms with van der Waals surface area (Å²) in [6, 6.07) is 15.4. The molecular weight excluding hydrogens is 340 g/mol. The van der Waals surface area contributed by atoms with Crippen LogP contribution in [0.5, 0.6) is 0 Å². The lowest BCUT2D eigenvalue weighted by atomic mass is 10.2. The quantitative estimate of drug-likeness (QED) is 0.688. The van der Waals surface area contributed by atoms with Crippen molar-refractivity contribution in [1.82, 2.24) is 0 Å². The molecule has 0 atom stereocenters. The Kier molecular flexibility index (Phi) is 4.76. The van der Waals surface area contributed by atoms with Gasteiger partial charge in [0.05, 0.1) is 0 Å². The van der Waals surface area contributed by atoms with Crippen LogP contribution in [0.1, 0.15) is 20.0 Å². The second-order valence-electron chi connectivity index (χ2n) is 5.21. The first kappa shape index (κ1) is 16.7. The number of amides is 2. The summed E-state index contributed by atoms with van der Waals surface area (Å²) in [5.41, 5.74) is 5.97. The first-order valence-corrected chi connectivity index (χ1v) is 8.20. The molecule has 3 rings (SSSR count). The number of carbonyl (C=O) groups excluding carboxylic acids is 3. The molecule has 0 saturated heterocycles. The number of hydrogen-bond acceptors (Lipinski definition) is 5. The number of thiophene rings is 1. The molecule has 0 unspecified atom stereocenters. The molecule has 0 radical (unpaired) electrons. The van der Waals surface area contributed by atoms with Crippen molar-refractivity contribution >= 4 is 44.9 Å². The van der Waals surface area contributed by atoms with Crippen molar-refractivity contribution < 1.29 is 19.1 Å². The maximum Gasteiger partial charge on any atom is 0.348 e. The second kappa shape index (κ2) is 7.14. The van der Waals surface area contributed by atoms with Crippen LogP contribution < -0.4 is 11.1 Å². The summed E-state index contributed by atoms with van der Waals surface area (Å²) in [5, 5.41) is 3.53. The topological polar surface area (TPSA) is 98.5 Å². The van der Waals surface area contributed by atoms with Crippen molar-refractivity contribution in [2.24, 2.45) is 5.73 Å². The Bertz CT molecular complexity index is 914. The zero-order chi connectivity index (χ0) is 17.8. The molecule has 0 fully saturated rings. The number of carbonyl (C=O) groups is 3. The lowest BCUT2D eigenvalue weighted by Gasteiger charge is -2.06. The Labute approximate surface area is 147 Å². The van der Waals surface area contributed by atoms with Gasteiger partial charge in [-0.15, -0.1) is 11.3 Å². The van der Waals surface area contributed by atoms with Gasteiger partial charge in [0.25, 0.3) is 5.91 Å². The number of ether oxygens (including phenoxy) is 1. The number of nitrogens with one attached hydrogen (secondary N) is 1. The molecule has 0 aliphatic rings. The predicted molar refractivity (Wildman–Crippen MR) is 95.7 cm³/mol. The lowest BCUT2D eigenvalue weighted by Crippen LogP contribution is -2.20. The predicted octanol–water partition coefficient (Wildman–Crippen LogP) is 2.80. The monoisotopic (exact) mass is 354 g/mol. The van der Waals surface area contributed by atoms with E-state index in [0.29, 0.717) is 16.1 Å². The molecule has 0 aliphatic carbocycles. The standard InChI is InChI=1S/C18H14N2O4S/c19-17(22)11-5-7-13(8-6-11)20-16(21)10-24-18(23)15-9-12-3-1-2-4-14(12)25-15/h1-9H,10H2,(H2,19,22)(H,20,21). The maximum absolute atomic E-state index is 12.0. The highest BCUT2D eigenvalue weighted by Gasteiger charge is 2.13. The summed E-state index contributed by atoms with van der Waals surface area (Å²) in [4.78, 5) is 35.3. The number of anilines is 1. The van der Waals surface area contributed by atoms with Gasteiger partial charge in [-0.1, -0.05) is 18.2 Å². The summed E-state index contributed by atoms with van der Waals surface area (Å²) in [7, 11) is 0. The molecule has 2 aromatic carbocycles. The van der Waals surface area contributed by atoms with Gasteiger partial charge in [0, 0.05) is 16.0 Å². The molecule has 0 saturated carbocycles. The number of nitrogens with two attached hydrogens (primary N) is 1. The number of fused-ring (bicyclic) bond motifs is 1. The van der Waals surface area contributed by atoms with Crippen LogP contribution in [0.15, 0.2) is 54.6 Å². The fourth-order valence-corrected chi connectivity index (χ4v) is 3.16. The van der Waals surface area contributed by atoms with E-state index in [-0.39, 0.29) is 0 Å². The Morgan fingerprint density at radius 3 is 2.44 bits per heavy atom. The molecular formula is C18H14N2O4S. The van der Waals surface area contributed by atoms with Crippen molar-refractivity contribution in [3.8, 4) is 0 Å². The Morgan fingerprint density at radius 2 is 1.76 bits per heavy atom. The van der Waals surface area contributed by atoms with Crippen molar-refractivity contribution in [1.29, 1.82) is 0 Å². The first-order chi connectivity index (χ1) is 12.0. The van der Waals surface area contributed by atoms with E-state index in [4.69, 9.17) is 10.5 Å². The largest absolute Gasteiger partial charge is 0.451 e. The fourth-order valence-electron chi connectivity index (χ4n) is 2.20. The van der Waals surface area contributed by atoms with Crippen LogP contribution in [0, 0.1) is 0 Å². The van der Waals surface area contributed by atoms with Crippen molar-refractivity contribution in [3.63, 3.8) is 0 Å². The highest BCUT2D eigenvalue weighted by molar-refractivity contribution is 7.20. The molecule has 3 N–H and O–H groups in total. The average Bonchev–Trinajstić information content (AvgIpc) is 3.04. The average molecular weight is 354 g/mol. The highest BCUT2D eigenvalue weighted by atomic mass is 32.1. The van der Waals surface area contributed by atoms with Gasteiger partial charge in [-0.3, -0.25) is 9.59 Å². The van der Waals surface area contributed by atoms with Crippen LogP contribution in [-0.4, -0.2) is 24.4 Å². The zero-order valence-corrected chi connectivity index (χ0v) is 13.8. The van der Waals surface area contributed by atoms with Gasteiger partial charge in [-0.05, 0) is 41.8 Å². The molecule has 126 valence electrons. The third-order valence-corrected chi connectivity index (χ3v) is 4.51. The van der Waals surface area contributed by atoms with Crippen LogP contribution in [-0.2, 0) is 9.53 Å². The maximum atomic E-state index is 12.0. The van der Waals surface area contributed by atoms with Crippen LogP contribution in [0.25, 0.3) is 10.1 Å². The molecule has 7 heteroatoms. The SMILES string of the molecule is NC(=O)c1ccc(NC(=O)COC(=O)c2cc3ccccc3s2)cc1. The second-order valence-corrected chi connectivity index (χ2v) is 6.30. The summed E-state index contributed by atoms with van der Waals surface area (Å²) in [5.74, 6) is -1.56. The summed E-state index contributed by atoms with van der Waals surface area (Å²) >= 11 is 1.32. The van der Waals surface area contributed by atoms with Crippen LogP contribution >= 0.6 is 11.3 Å². The molecule has 25 heavy (non-hydrogen) atoms. The van der Waals surface area contributed by atoms with Gasteiger partial charge in [-0.2, -0.15) is 0 Å². The van der Waals surface area contributed by atoms with Crippen LogP contribution in [0.3, 0.4) is 0 Å². The van der Waals surface area contributed by atoms with E-state index in [0.717, 1.165) is 10.1 Å². The smallest absolute Gasteiger partial charge is 0.348 e. The normalized spacial score (nSPS) is 10.4. The van der Waals surface area contributed by atoms with E-state index < -0.39 is 24.4 Å². The minimum absolute atomic E-state index is 0.342. The van der Waals surface area contributed by atoms with Gasteiger partial charge >= 0.3 is 5.97 Å². The molecule has 0 aliphatic heterocycles. The highest BCUT2D eigenvalue weighted by Crippen LogP contribution is 2.25. The molecule has 3 aromatic rings. The zero-order valence-electron chi connectivity index (χ0n) is 13.0. The van der Waals surface area contributed by atoms with Crippen LogP contribution in [0.4, 0.5) is 5.69 Å². The molecule has 0 bridgehead atoms. The third-order valence-electron chi connectivity index (χ3n) is 3.41. The number of rotatable bonds is 5. The third kappa shape index (κ3) is 4.02. The van der Waals surface area contributed by atoms with E-state index >= 15 is 0 Å². The molecule has 2 amide bonds. The van der Waals surface area contributed by atoms with Crippen molar-refractivity contribution in [3.05, 3.63) is 65.0 Å². The van der Waals surface area contributed by atoms with Crippen molar-refractivity contribution in [2.75, 3.05) is 11.9 Å². The van der Waals surface area contributed by atoms with E-state index in [1.54, 1.807) is 18.2 Å². The van der Waals surface area contributed by atoms with E-state index in [1.807, 2.05) is 24.3 Å². The van der Waals surface area contributed by atoms with E-state index in [2.05, 4.69) is 5.32 Å². The Hall–Kier alpha value is -3.19. The van der Waals surface area contributed by atoms with Gasteiger partial charge in [0.2, 0.25) is 5.91 Å². The number of hydrogen-bond donors (Lipinski definition) is 2. The Balaban J connectivity index is 1.56. The van der Waals surface area contributed by atoms with Crippen molar-refractivity contribution in [2.45, 2.75) is 0 Å². The summed E-state index contributed by atoms with van der Waals surface area (Å²) in [6.07, 6.45) is 0. The van der Waals surface area contributed by atoms with E-state index in [1.165, 1.54) is 23.5 Å². The minimum Gasteiger partial charge on any atom is -0.451 e. The van der Waals surface area contributed by atoms with Crippen LogP contribution in [0.2, 0.25) is 0 Å². The first-order valence-electron chi connectivity index (χ1n) is 7.38. The number of benzene rings is 2. The summed E-state index contributed by atoms with van der Waals surface area (Å²) < 4.78 is 6.02. The summed E-state index contributed by atoms with van der Waals surface area (Å²) in [6.45, 7) is -0.398. The molecule has 1 heterocycles. The van der Waals surface area contributed by atoms with Gasteiger partial charge in [0.1, 0.15) is 4.88 Å². The molecule has 0 spiro atoms. The molecule has 1 aromatic heterocycles. The fraction of sp³-hybridized carbons (Fsp3) is 0.0556. The lowest BCUT2D eigenvalue weighted by molar-refractivity contribution is -0.119. The van der Waals surface area contributed by atoms with Gasteiger partial charge in [0.15, 0.2) is 6.61 Å². The Morgan fingerprint density at radius 1 is 1.04 bits per heavy atom. The number of esters is 1. The van der Waals surface area contributed by atoms with Gasteiger partial charge in [-0.25, -0.2) is 4.79 Å². The van der Waals surface area contributed by atoms with E-state index in [9.17, 15) is 14.4 Å². The minimum atomic E-state index is -0.546. The number of primary amides is 1. The molecule has 6 nitrogen and oxygen atoms in total.